The van der Waals surface area contributed by atoms with Crippen molar-refractivity contribution in [1.29, 1.82) is 0 Å². The minimum atomic E-state index is -0.296. The summed E-state index contributed by atoms with van der Waals surface area (Å²) in [6, 6.07) is 18.6. The molecule has 3 aromatic rings. The lowest BCUT2D eigenvalue weighted by Crippen LogP contribution is -2.41. The second-order valence-electron chi connectivity index (χ2n) is 15.8. The Morgan fingerprint density at radius 2 is 0.936 bits per heavy atom. The number of phenols is 1. The number of fused-ring (bicyclic) bond motifs is 3. The third-order valence-corrected chi connectivity index (χ3v) is 10.5. The van der Waals surface area contributed by atoms with Crippen LogP contribution >= 0.6 is 0 Å². The van der Waals surface area contributed by atoms with E-state index in [-0.39, 0.29) is 35.1 Å². The topological polar surface area (TPSA) is 66.4 Å². The molecular weight excluding hydrogens is 587 g/mol. The van der Waals surface area contributed by atoms with Gasteiger partial charge in [0.15, 0.2) is 0 Å². The van der Waals surface area contributed by atoms with Gasteiger partial charge in [0.05, 0.1) is 47.8 Å². The highest BCUT2D eigenvalue weighted by atomic mass is 16.7. The predicted octanol–water partition coefficient (Wildman–Crippen LogP) is 7.80. The van der Waals surface area contributed by atoms with Crippen LogP contribution in [0.1, 0.15) is 108 Å². The zero-order chi connectivity index (χ0) is 34.4. The lowest BCUT2D eigenvalue weighted by molar-refractivity contribution is -0.0318. The molecule has 0 aliphatic carbocycles. The average molecular weight is 643 g/mol. The number of hydrogen-bond acceptors (Lipinski definition) is 6. The third-order valence-electron chi connectivity index (χ3n) is 10.5. The van der Waals surface area contributed by atoms with Gasteiger partial charge in [-0.15, -0.1) is 0 Å². The van der Waals surface area contributed by atoms with Gasteiger partial charge in [0, 0.05) is 0 Å². The molecule has 1 N–H and O–H groups in total. The lowest BCUT2D eigenvalue weighted by atomic mass is 9.75. The molecule has 254 valence electrons. The van der Waals surface area contributed by atoms with Crippen LogP contribution in [0.4, 0.5) is 0 Å². The van der Waals surface area contributed by atoms with Crippen molar-refractivity contribution in [2.45, 2.75) is 123 Å². The molecular formula is C40H55BO6. The zero-order valence-electron chi connectivity index (χ0n) is 30.5. The summed E-state index contributed by atoms with van der Waals surface area (Å²) in [5.74, 6) is 0.344. The average Bonchev–Trinajstić information content (AvgIpc) is 3.19. The Morgan fingerprint density at radius 3 is 1.43 bits per heavy atom. The summed E-state index contributed by atoms with van der Waals surface area (Å²) >= 11 is 0. The quantitative estimate of drug-likeness (QED) is 0.274. The van der Waals surface area contributed by atoms with Crippen molar-refractivity contribution in [2.75, 3.05) is 19.8 Å². The Bertz CT molecular complexity index is 1500. The summed E-state index contributed by atoms with van der Waals surface area (Å²) in [6.07, 6.45) is 2.90. The van der Waals surface area contributed by atoms with Crippen LogP contribution in [0.5, 0.6) is 5.75 Å². The maximum atomic E-state index is 9.32. The highest BCUT2D eigenvalue weighted by Gasteiger charge is 2.52. The predicted molar refractivity (Wildman–Crippen MR) is 189 cm³/mol. The second kappa shape index (κ2) is 13.0. The Labute approximate surface area is 283 Å². The monoisotopic (exact) mass is 642 g/mol. The molecule has 0 radical (unpaired) electrons. The first-order chi connectivity index (χ1) is 21.8. The summed E-state index contributed by atoms with van der Waals surface area (Å²) in [5.41, 5.74) is 9.17. The van der Waals surface area contributed by atoms with E-state index >= 15 is 0 Å². The lowest BCUT2D eigenvalue weighted by Gasteiger charge is -2.33. The molecule has 47 heavy (non-hydrogen) atoms. The normalized spacial score (nSPS) is 22.3. The molecule has 0 amide bonds. The molecule has 4 aliphatic heterocycles. The summed E-state index contributed by atoms with van der Waals surface area (Å²) < 4.78 is 29.5. The van der Waals surface area contributed by atoms with Crippen molar-refractivity contribution < 1.29 is 28.6 Å². The van der Waals surface area contributed by atoms with Crippen LogP contribution in [-0.4, -0.2) is 43.2 Å². The molecule has 1 fully saturated rings. The third kappa shape index (κ3) is 7.65. The SMILES string of the molecule is CC1(C)OCCc2cc(B3OC(C)(C)C(C)(C)O3)ccc21.CC1(C)OCCc2cc(O)ccc21.Cc1ccc2c(c1)CCOC2(C)C. The maximum Gasteiger partial charge on any atom is 0.494 e. The van der Waals surface area contributed by atoms with Crippen molar-refractivity contribution in [2.24, 2.45) is 0 Å². The Hall–Kier alpha value is -2.68. The van der Waals surface area contributed by atoms with Crippen molar-refractivity contribution >= 4 is 12.6 Å². The Morgan fingerprint density at radius 1 is 0.532 bits per heavy atom. The molecule has 0 bridgehead atoms. The van der Waals surface area contributed by atoms with Gasteiger partial charge in [0.2, 0.25) is 0 Å². The van der Waals surface area contributed by atoms with Crippen LogP contribution in [0.3, 0.4) is 0 Å². The molecule has 7 rings (SSSR count). The molecule has 3 aromatic carbocycles. The van der Waals surface area contributed by atoms with Gasteiger partial charge in [-0.2, -0.15) is 0 Å². The van der Waals surface area contributed by atoms with E-state index in [0.29, 0.717) is 5.75 Å². The van der Waals surface area contributed by atoms with Crippen LogP contribution in [0.2, 0.25) is 0 Å². The van der Waals surface area contributed by atoms with Crippen LogP contribution < -0.4 is 5.46 Å². The number of rotatable bonds is 1. The number of phenolic OH excluding ortho intramolecular Hbond substituents is 1. The second-order valence-corrected chi connectivity index (χ2v) is 15.8. The highest BCUT2D eigenvalue weighted by molar-refractivity contribution is 6.62. The molecule has 0 aromatic heterocycles. The van der Waals surface area contributed by atoms with Crippen LogP contribution in [0.15, 0.2) is 54.6 Å². The van der Waals surface area contributed by atoms with Crippen molar-refractivity contribution in [3.8, 4) is 5.75 Å². The van der Waals surface area contributed by atoms with Gasteiger partial charge in [-0.05, 0) is 146 Å². The molecule has 1 saturated heterocycles. The van der Waals surface area contributed by atoms with Gasteiger partial charge in [0.1, 0.15) is 5.75 Å². The number of aromatic hydroxyl groups is 1. The molecule has 0 saturated carbocycles. The van der Waals surface area contributed by atoms with Gasteiger partial charge < -0.3 is 28.6 Å². The van der Waals surface area contributed by atoms with Gasteiger partial charge in [-0.1, -0.05) is 48.0 Å². The van der Waals surface area contributed by atoms with Crippen molar-refractivity contribution in [3.63, 3.8) is 0 Å². The molecule has 7 heteroatoms. The number of benzene rings is 3. The molecule has 4 heterocycles. The fraction of sp³-hybridized carbons (Fsp3) is 0.550. The minimum absolute atomic E-state index is 0.0959. The Balaban J connectivity index is 0.000000145. The minimum Gasteiger partial charge on any atom is -0.508 e. The molecule has 6 nitrogen and oxygen atoms in total. The summed E-state index contributed by atoms with van der Waals surface area (Å²) in [6.45, 7) is 25.5. The van der Waals surface area contributed by atoms with Crippen LogP contribution in [-0.2, 0) is 59.6 Å². The number of hydrogen-bond donors (Lipinski definition) is 1. The van der Waals surface area contributed by atoms with Crippen LogP contribution in [0, 0.1) is 6.92 Å². The molecule has 0 unspecified atom stereocenters. The maximum absolute atomic E-state index is 9.32. The zero-order valence-corrected chi connectivity index (χ0v) is 30.5. The molecule has 0 spiro atoms. The fourth-order valence-corrected chi connectivity index (χ4v) is 6.91. The van der Waals surface area contributed by atoms with E-state index in [0.717, 1.165) is 44.5 Å². The summed E-state index contributed by atoms with van der Waals surface area (Å²) in [5, 5.41) is 9.32. The van der Waals surface area contributed by atoms with Gasteiger partial charge in [-0.3, -0.25) is 0 Å². The van der Waals surface area contributed by atoms with Gasteiger partial charge in [-0.25, -0.2) is 0 Å². The summed E-state index contributed by atoms with van der Waals surface area (Å²) in [4.78, 5) is 0. The fourth-order valence-electron chi connectivity index (χ4n) is 6.91. The van der Waals surface area contributed by atoms with Gasteiger partial charge in [0.25, 0.3) is 0 Å². The first-order valence-electron chi connectivity index (χ1n) is 17.1. The summed E-state index contributed by atoms with van der Waals surface area (Å²) in [7, 11) is -0.286. The molecule has 4 aliphatic rings. The molecule has 0 atom stereocenters. The van der Waals surface area contributed by atoms with E-state index in [1.54, 1.807) is 6.07 Å². The van der Waals surface area contributed by atoms with E-state index in [1.807, 2.05) is 12.1 Å². The number of ether oxygens (including phenoxy) is 3. The van der Waals surface area contributed by atoms with E-state index in [4.69, 9.17) is 23.5 Å². The van der Waals surface area contributed by atoms with Crippen molar-refractivity contribution in [1.82, 2.24) is 0 Å². The first kappa shape index (κ1) is 35.6. The standard InChI is InChI=1S/C17H25BO3.C12H16O.C11H14O2/c1-15(2)14-8-7-13(11-12(14)9-10-19-15)18-20-16(3,4)17(5,6)21-18;1-9-4-5-11-10(8-9)6-7-13-12(11,2)3;1-11(2)10-4-3-9(12)7-8(10)5-6-13-11/h7-8,11H,9-10H2,1-6H3;4-5,8H,6-7H2,1-3H3;3-4,7,12H,5-6H2,1-2H3. The van der Waals surface area contributed by atoms with Crippen molar-refractivity contribution in [3.05, 3.63) is 93.5 Å². The van der Waals surface area contributed by atoms with E-state index in [9.17, 15) is 5.11 Å². The highest BCUT2D eigenvalue weighted by Crippen LogP contribution is 2.38. The Kier molecular flexibility index (Phi) is 9.84. The largest absolute Gasteiger partial charge is 0.508 e. The van der Waals surface area contributed by atoms with E-state index in [2.05, 4.69) is 113 Å². The van der Waals surface area contributed by atoms with E-state index in [1.165, 1.54) is 38.9 Å². The first-order valence-corrected chi connectivity index (χ1v) is 17.1. The number of aryl methyl sites for hydroxylation is 1. The van der Waals surface area contributed by atoms with Gasteiger partial charge >= 0.3 is 7.12 Å². The van der Waals surface area contributed by atoms with Crippen LogP contribution in [0.25, 0.3) is 0 Å². The van der Waals surface area contributed by atoms with E-state index < -0.39 is 0 Å². The smallest absolute Gasteiger partial charge is 0.494 e.